The van der Waals surface area contributed by atoms with Crippen molar-refractivity contribution in [2.24, 2.45) is 0 Å². The topological polar surface area (TPSA) is 37.8 Å². The maximum Gasteiger partial charge on any atom is 0.496 e. The maximum absolute atomic E-state index is 6.09. The second kappa shape index (κ2) is 7.43. The Hall–Kier alpha value is -0.815. The third kappa shape index (κ3) is 4.13. The Morgan fingerprint density at radius 3 is 2.00 bits per heavy atom. The van der Waals surface area contributed by atoms with Gasteiger partial charge in [0.1, 0.15) is 5.82 Å². The molecule has 25 heavy (non-hydrogen) atoms. The first-order valence-electron chi connectivity index (χ1n) is 9.00. The highest BCUT2D eigenvalue weighted by atomic mass is 35.5. The van der Waals surface area contributed by atoms with Crippen LogP contribution in [0.25, 0.3) is 0 Å². The number of hydrogen-bond donors (Lipinski definition) is 0. The Bertz CT molecular complexity index is 556. The molecule has 0 aromatic carbocycles. The number of rotatable bonds is 3. The molecule has 2 saturated heterocycles. The Kier molecular flexibility index (Phi) is 6.09. The van der Waals surface area contributed by atoms with Gasteiger partial charge < -0.3 is 14.2 Å². The molecule has 0 spiro atoms. The van der Waals surface area contributed by atoms with Crippen molar-refractivity contribution in [2.45, 2.75) is 58.8 Å². The van der Waals surface area contributed by atoms with Crippen LogP contribution in [0.3, 0.4) is 0 Å². The molecule has 2 aliphatic rings. The molecule has 0 unspecified atom stereocenters. The van der Waals surface area contributed by atoms with Gasteiger partial charge in [0, 0.05) is 43.9 Å². The summed E-state index contributed by atoms with van der Waals surface area (Å²) in [6.07, 6.45) is 1.90. The molecule has 0 atom stereocenters. The molecule has 1 aromatic rings. The first-order valence-corrected chi connectivity index (χ1v) is 9.00. The quantitative estimate of drug-likeness (QED) is 0.767. The van der Waals surface area contributed by atoms with Crippen molar-refractivity contribution < 1.29 is 9.31 Å². The fourth-order valence-corrected chi connectivity index (χ4v) is 3.17. The second-order valence-electron chi connectivity index (χ2n) is 8.15. The van der Waals surface area contributed by atoms with Gasteiger partial charge in [-0.15, -0.1) is 12.4 Å². The van der Waals surface area contributed by atoms with Crippen LogP contribution < -0.4 is 10.4 Å². The summed E-state index contributed by atoms with van der Waals surface area (Å²) >= 11 is 0. The van der Waals surface area contributed by atoms with Gasteiger partial charge in [-0.1, -0.05) is 6.07 Å². The number of piperazine rings is 1. The average Bonchev–Trinajstić information content (AvgIpc) is 2.76. The molecular weight excluding hydrogens is 336 g/mol. The Morgan fingerprint density at radius 2 is 1.56 bits per heavy atom. The van der Waals surface area contributed by atoms with Gasteiger partial charge >= 0.3 is 7.12 Å². The van der Waals surface area contributed by atoms with E-state index in [9.17, 15) is 0 Å². The Morgan fingerprint density at radius 1 is 1.00 bits per heavy atom. The standard InChI is InChI=1S/C18H30BN3O2.ClH/c1-14(2)21-9-11-22(12-10-21)16-8-7-15(13-20-16)19-23-17(3,4)18(5,6)24-19;/h7-8,13-14H,9-12H2,1-6H3;1H. The first-order chi connectivity index (χ1) is 11.2. The van der Waals surface area contributed by atoms with Gasteiger partial charge in [0.2, 0.25) is 0 Å². The molecule has 5 nitrogen and oxygen atoms in total. The van der Waals surface area contributed by atoms with Crippen LogP contribution in [-0.2, 0) is 9.31 Å². The van der Waals surface area contributed by atoms with Crippen LogP contribution in [0.5, 0.6) is 0 Å². The van der Waals surface area contributed by atoms with E-state index in [0.29, 0.717) is 6.04 Å². The van der Waals surface area contributed by atoms with E-state index in [1.165, 1.54) is 0 Å². The van der Waals surface area contributed by atoms with Gasteiger partial charge in [0.25, 0.3) is 0 Å². The first kappa shape index (κ1) is 20.5. The molecule has 0 radical (unpaired) electrons. The molecule has 0 bridgehead atoms. The zero-order valence-corrected chi connectivity index (χ0v) is 17.1. The second-order valence-corrected chi connectivity index (χ2v) is 8.15. The van der Waals surface area contributed by atoms with Crippen LogP contribution in [0.2, 0.25) is 0 Å². The molecule has 1 aromatic heterocycles. The number of halogens is 1. The van der Waals surface area contributed by atoms with Crippen molar-refractivity contribution in [3.63, 3.8) is 0 Å². The lowest BCUT2D eigenvalue weighted by molar-refractivity contribution is 0.00578. The van der Waals surface area contributed by atoms with Crippen LogP contribution in [0.1, 0.15) is 41.5 Å². The van der Waals surface area contributed by atoms with E-state index in [2.05, 4.69) is 68.5 Å². The molecule has 0 N–H and O–H groups in total. The summed E-state index contributed by atoms with van der Waals surface area (Å²) < 4.78 is 12.2. The molecule has 0 aliphatic carbocycles. The third-order valence-electron chi connectivity index (χ3n) is 5.66. The number of nitrogens with zero attached hydrogens (tertiary/aromatic N) is 3. The van der Waals surface area contributed by atoms with Gasteiger partial charge in [0.15, 0.2) is 0 Å². The molecule has 140 valence electrons. The smallest absolute Gasteiger partial charge is 0.399 e. The number of anilines is 1. The van der Waals surface area contributed by atoms with Gasteiger partial charge in [-0.2, -0.15) is 0 Å². The van der Waals surface area contributed by atoms with Crippen LogP contribution >= 0.6 is 12.4 Å². The normalized spacial score (nSPS) is 23.0. The van der Waals surface area contributed by atoms with Crippen molar-refractivity contribution in [3.8, 4) is 0 Å². The molecule has 3 heterocycles. The van der Waals surface area contributed by atoms with E-state index in [-0.39, 0.29) is 30.7 Å². The monoisotopic (exact) mass is 367 g/mol. The molecular formula is C18H31BClN3O2. The zero-order valence-electron chi connectivity index (χ0n) is 16.3. The average molecular weight is 368 g/mol. The lowest BCUT2D eigenvalue weighted by atomic mass is 9.80. The van der Waals surface area contributed by atoms with Gasteiger partial charge in [0.05, 0.1) is 11.2 Å². The van der Waals surface area contributed by atoms with Gasteiger partial charge in [-0.05, 0) is 47.6 Å². The minimum atomic E-state index is -0.339. The van der Waals surface area contributed by atoms with E-state index >= 15 is 0 Å². The molecule has 0 amide bonds. The summed E-state index contributed by atoms with van der Waals surface area (Å²) in [6.45, 7) is 17.1. The highest BCUT2D eigenvalue weighted by Gasteiger charge is 2.51. The SMILES string of the molecule is CC(C)N1CCN(c2ccc(B3OC(C)(C)C(C)(C)O3)cn2)CC1.Cl. The molecule has 3 rings (SSSR count). The van der Waals surface area contributed by atoms with Crippen molar-refractivity contribution in [3.05, 3.63) is 18.3 Å². The molecule has 2 aliphatic heterocycles. The molecule has 2 fully saturated rings. The maximum atomic E-state index is 6.09. The Balaban J connectivity index is 0.00000225. The van der Waals surface area contributed by atoms with Crippen LogP contribution in [0.4, 0.5) is 5.82 Å². The summed E-state index contributed by atoms with van der Waals surface area (Å²) in [4.78, 5) is 9.52. The predicted molar refractivity (Wildman–Crippen MR) is 106 cm³/mol. The van der Waals surface area contributed by atoms with Crippen molar-refractivity contribution in [2.75, 3.05) is 31.1 Å². The van der Waals surface area contributed by atoms with E-state index in [1.54, 1.807) is 0 Å². The highest BCUT2D eigenvalue weighted by molar-refractivity contribution is 6.62. The van der Waals surface area contributed by atoms with Crippen molar-refractivity contribution >= 4 is 30.8 Å². The number of hydrogen-bond acceptors (Lipinski definition) is 5. The van der Waals surface area contributed by atoms with Crippen molar-refractivity contribution in [1.29, 1.82) is 0 Å². The van der Waals surface area contributed by atoms with Crippen LogP contribution in [-0.4, -0.2) is 60.4 Å². The third-order valence-corrected chi connectivity index (χ3v) is 5.66. The Labute approximate surface area is 158 Å². The van der Waals surface area contributed by atoms with Crippen LogP contribution in [0.15, 0.2) is 18.3 Å². The molecule has 0 saturated carbocycles. The fourth-order valence-electron chi connectivity index (χ4n) is 3.17. The van der Waals surface area contributed by atoms with Crippen molar-refractivity contribution in [1.82, 2.24) is 9.88 Å². The summed E-state index contributed by atoms with van der Waals surface area (Å²) in [6, 6.07) is 4.79. The minimum absolute atomic E-state index is 0. The van der Waals surface area contributed by atoms with E-state index in [0.717, 1.165) is 37.5 Å². The predicted octanol–water partition coefficient (Wildman–Crippen LogP) is 2.33. The highest BCUT2D eigenvalue weighted by Crippen LogP contribution is 2.36. The minimum Gasteiger partial charge on any atom is -0.399 e. The summed E-state index contributed by atoms with van der Waals surface area (Å²) in [5, 5.41) is 0. The summed E-state index contributed by atoms with van der Waals surface area (Å²) in [7, 11) is -0.339. The van der Waals surface area contributed by atoms with Gasteiger partial charge in [-0.3, -0.25) is 4.90 Å². The fraction of sp³-hybridized carbons (Fsp3) is 0.722. The van der Waals surface area contributed by atoms with Crippen LogP contribution in [0, 0.1) is 0 Å². The summed E-state index contributed by atoms with van der Waals surface area (Å²) in [5.41, 5.74) is 0.353. The molecule has 7 heteroatoms. The number of pyridine rings is 1. The van der Waals surface area contributed by atoms with Gasteiger partial charge in [-0.25, -0.2) is 4.98 Å². The van der Waals surface area contributed by atoms with E-state index in [4.69, 9.17) is 9.31 Å². The van der Waals surface area contributed by atoms with E-state index in [1.807, 2.05) is 6.20 Å². The number of aromatic nitrogens is 1. The summed E-state index contributed by atoms with van der Waals surface area (Å²) in [5.74, 6) is 1.04. The largest absolute Gasteiger partial charge is 0.496 e. The lowest BCUT2D eigenvalue weighted by Gasteiger charge is -2.37. The lowest BCUT2D eigenvalue weighted by Crippen LogP contribution is -2.49. The van der Waals surface area contributed by atoms with E-state index < -0.39 is 0 Å². The zero-order chi connectivity index (χ0) is 17.5.